The molecule has 14 heavy (non-hydrogen) atoms. The van der Waals surface area contributed by atoms with Gasteiger partial charge >= 0.3 is 0 Å². The molecule has 3 nitrogen and oxygen atoms in total. The van der Waals surface area contributed by atoms with Crippen LogP contribution in [0.25, 0.3) is 0 Å². The first kappa shape index (κ1) is 12.0. The van der Waals surface area contributed by atoms with Gasteiger partial charge in [-0.2, -0.15) is 0 Å². The maximum atomic E-state index is 11.8. The maximum absolute atomic E-state index is 11.8. The summed E-state index contributed by atoms with van der Waals surface area (Å²) in [6.45, 7) is 4.93. The van der Waals surface area contributed by atoms with Gasteiger partial charge in [0.15, 0.2) is 0 Å². The molecule has 3 unspecified atom stereocenters. The molecule has 0 bridgehead atoms. The summed E-state index contributed by atoms with van der Waals surface area (Å²) in [4.78, 5) is 13.6. The second kappa shape index (κ2) is 5.12. The van der Waals surface area contributed by atoms with E-state index in [0.717, 1.165) is 19.4 Å². The average Bonchev–Trinajstić information content (AvgIpc) is 2.20. The van der Waals surface area contributed by atoms with E-state index in [1.165, 1.54) is 0 Å². The van der Waals surface area contributed by atoms with Crippen molar-refractivity contribution in [2.75, 3.05) is 13.2 Å². The van der Waals surface area contributed by atoms with Gasteiger partial charge in [-0.3, -0.25) is 4.79 Å². The fourth-order valence-electron chi connectivity index (χ4n) is 1.72. The third-order valence-electron chi connectivity index (χ3n) is 3.01. The van der Waals surface area contributed by atoms with Crippen molar-refractivity contribution in [1.82, 2.24) is 4.90 Å². The van der Waals surface area contributed by atoms with Crippen LogP contribution in [0.1, 0.15) is 26.7 Å². The molecule has 0 aromatic heterocycles. The summed E-state index contributed by atoms with van der Waals surface area (Å²) in [7, 11) is 0. The lowest BCUT2D eigenvalue weighted by Crippen LogP contribution is -2.49. The number of halogens is 1. The Labute approximate surface area is 93.6 Å². The van der Waals surface area contributed by atoms with E-state index in [1.54, 1.807) is 0 Å². The number of nitrogens with zero attached hydrogens (tertiary/aromatic N) is 1. The molecule has 3 atom stereocenters. The zero-order valence-corrected chi connectivity index (χ0v) is 10.3. The lowest BCUT2D eigenvalue weighted by atomic mass is 10.00. The SMILES string of the molecule is CC(CO)C(C)N1CCCC(Br)C1=O. The summed E-state index contributed by atoms with van der Waals surface area (Å²) < 4.78 is 0. The number of alkyl halides is 1. The molecule has 1 fully saturated rings. The molecule has 0 saturated carbocycles. The topological polar surface area (TPSA) is 40.5 Å². The quantitative estimate of drug-likeness (QED) is 0.782. The Morgan fingerprint density at radius 3 is 2.86 bits per heavy atom. The van der Waals surface area contributed by atoms with Crippen LogP contribution < -0.4 is 0 Å². The number of aliphatic hydroxyl groups is 1. The number of hydrogen-bond donors (Lipinski definition) is 1. The fourth-order valence-corrected chi connectivity index (χ4v) is 2.31. The molecule has 0 aromatic rings. The molecule has 82 valence electrons. The molecular weight excluding hydrogens is 246 g/mol. The molecule has 0 aliphatic carbocycles. The van der Waals surface area contributed by atoms with Gasteiger partial charge in [-0.25, -0.2) is 0 Å². The predicted molar refractivity (Wildman–Crippen MR) is 59.4 cm³/mol. The van der Waals surface area contributed by atoms with Crippen molar-refractivity contribution in [2.45, 2.75) is 37.6 Å². The van der Waals surface area contributed by atoms with Gasteiger partial charge in [-0.15, -0.1) is 0 Å². The number of carbonyl (C=O) groups is 1. The number of rotatable bonds is 3. The number of hydrogen-bond acceptors (Lipinski definition) is 2. The minimum Gasteiger partial charge on any atom is -0.396 e. The molecule has 0 radical (unpaired) electrons. The Morgan fingerprint density at radius 2 is 2.29 bits per heavy atom. The highest BCUT2D eigenvalue weighted by atomic mass is 79.9. The van der Waals surface area contributed by atoms with Crippen LogP contribution in [-0.4, -0.2) is 39.9 Å². The van der Waals surface area contributed by atoms with Gasteiger partial charge in [0.05, 0.1) is 4.83 Å². The van der Waals surface area contributed by atoms with Crippen LogP contribution >= 0.6 is 15.9 Å². The number of aliphatic hydroxyl groups excluding tert-OH is 1. The van der Waals surface area contributed by atoms with Crippen molar-refractivity contribution in [2.24, 2.45) is 5.92 Å². The van der Waals surface area contributed by atoms with E-state index < -0.39 is 0 Å². The van der Waals surface area contributed by atoms with Crippen LogP contribution in [0.2, 0.25) is 0 Å². The van der Waals surface area contributed by atoms with Crippen LogP contribution in [0.5, 0.6) is 0 Å². The summed E-state index contributed by atoms with van der Waals surface area (Å²) in [6, 6.07) is 0.132. The summed E-state index contributed by atoms with van der Waals surface area (Å²) >= 11 is 3.38. The van der Waals surface area contributed by atoms with Crippen molar-refractivity contribution in [1.29, 1.82) is 0 Å². The summed E-state index contributed by atoms with van der Waals surface area (Å²) in [5.74, 6) is 0.320. The van der Waals surface area contributed by atoms with Crippen LogP contribution in [0.3, 0.4) is 0 Å². The Morgan fingerprint density at radius 1 is 1.64 bits per heavy atom. The number of piperidine rings is 1. The molecule has 0 aromatic carbocycles. The first-order chi connectivity index (χ1) is 6.57. The second-order valence-electron chi connectivity index (χ2n) is 4.04. The molecule has 4 heteroatoms. The smallest absolute Gasteiger partial charge is 0.236 e. The first-order valence-corrected chi connectivity index (χ1v) is 6.05. The Kier molecular flexibility index (Phi) is 4.38. The highest BCUT2D eigenvalue weighted by Gasteiger charge is 2.31. The largest absolute Gasteiger partial charge is 0.396 e. The second-order valence-corrected chi connectivity index (χ2v) is 5.15. The monoisotopic (exact) mass is 263 g/mol. The summed E-state index contributed by atoms with van der Waals surface area (Å²) in [5, 5.41) is 9.04. The van der Waals surface area contributed by atoms with Crippen molar-refractivity contribution >= 4 is 21.8 Å². The van der Waals surface area contributed by atoms with E-state index in [4.69, 9.17) is 5.11 Å². The normalized spacial score (nSPS) is 27.6. The van der Waals surface area contributed by atoms with Crippen LogP contribution in [0.15, 0.2) is 0 Å². The fraction of sp³-hybridized carbons (Fsp3) is 0.900. The van der Waals surface area contributed by atoms with Crippen molar-refractivity contribution in [3.8, 4) is 0 Å². The van der Waals surface area contributed by atoms with Crippen molar-refractivity contribution < 1.29 is 9.90 Å². The van der Waals surface area contributed by atoms with Gasteiger partial charge in [0.25, 0.3) is 0 Å². The van der Waals surface area contributed by atoms with Crippen molar-refractivity contribution in [3.05, 3.63) is 0 Å². The number of likely N-dealkylation sites (tertiary alicyclic amines) is 1. The van der Waals surface area contributed by atoms with E-state index in [1.807, 2.05) is 18.7 Å². The van der Waals surface area contributed by atoms with E-state index >= 15 is 0 Å². The zero-order chi connectivity index (χ0) is 10.7. The average molecular weight is 264 g/mol. The van der Waals surface area contributed by atoms with Gasteiger partial charge in [0.2, 0.25) is 5.91 Å². The molecule has 1 heterocycles. The maximum Gasteiger partial charge on any atom is 0.236 e. The van der Waals surface area contributed by atoms with E-state index in [2.05, 4.69) is 15.9 Å². The molecule has 1 rings (SSSR count). The highest BCUT2D eigenvalue weighted by molar-refractivity contribution is 9.10. The lowest BCUT2D eigenvalue weighted by molar-refractivity contribution is -0.135. The molecule has 1 saturated heterocycles. The van der Waals surface area contributed by atoms with Crippen molar-refractivity contribution in [3.63, 3.8) is 0 Å². The zero-order valence-electron chi connectivity index (χ0n) is 8.74. The minimum absolute atomic E-state index is 0.0235. The van der Waals surface area contributed by atoms with Gasteiger partial charge < -0.3 is 10.0 Å². The van der Waals surface area contributed by atoms with E-state index in [-0.39, 0.29) is 29.3 Å². The minimum atomic E-state index is -0.0235. The third kappa shape index (κ3) is 2.48. The molecule has 1 amide bonds. The summed E-state index contributed by atoms with van der Waals surface area (Å²) in [6.07, 6.45) is 1.97. The van der Waals surface area contributed by atoms with Gasteiger partial charge in [-0.1, -0.05) is 22.9 Å². The van der Waals surface area contributed by atoms with Crippen LogP contribution in [0.4, 0.5) is 0 Å². The van der Waals surface area contributed by atoms with E-state index in [0.29, 0.717) is 0 Å². The lowest BCUT2D eigenvalue weighted by Gasteiger charge is -2.37. The summed E-state index contributed by atoms with van der Waals surface area (Å²) in [5.41, 5.74) is 0. The Hall–Kier alpha value is -0.0900. The predicted octanol–water partition coefficient (Wildman–Crippen LogP) is 1.39. The number of amides is 1. The standard InChI is InChI=1S/C10H18BrNO2/c1-7(6-13)8(2)12-5-3-4-9(11)10(12)14/h7-9,13H,3-6H2,1-2H3. The molecule has 1 N–H and O–H groups in total. The molecule has 0 spiro atoms. The van der Waals surface area contributed by atoms with Gasteiger partial charge in [0, 0.05) is 19.2 Å². The number of carbonyl (C=O) groups excluding carboxylic acids is 1. The molecular formula is C10H18BrNO2. The third-order valence-corrected chi connectivity index (χ3v) is 3.86. The van der Waals surface area contributed by atoms with Crippen LogP contribution in [-0.2, 0) is 4.79 Å². The highest BCUT2D eigenvalue weighted by Crippen LogP contribution is 2.22. The van der Waals surface area contributed by atoms with Crippen LogP contribution in [0, 0.1) is 5.92 Å². The molecule has 1 aliphatic rings. The van der Waals surface area contributed by atoms with Gasteiger partial charge in [0.1, 0.15) is 0 Å². The molecule has 1 aliphatic heterocycles. The van der Waals surface area contributed by atoms with Gasteiger partial charge in [-0.05, 0) is 25.7 Å². The first-order valence-electron chi connectivity index (χ1n) is 5.13. The Bertz CT molecular complexity index is 210. The van der Waals surface area contributed by atoms with E-state index in [9.17, 15) is 4.79 Å². The Balaban J connectivity index is 2.61.